The van der Waals surface area contributed by atoms with E-state index in [9.17, 15) is 0 Å². The van der Waals surface area contributed by atoms with Crippen molar-refractivity contribution < 1.29 is 4.74 Å². The van der Waals surface area contributed by atoms with E-state index in [2.05, 4.69) is 31.0 Å². The summed E-state index contributed by atoms with van der Waals surface area (Å²) in [6.45, 7) is 9.24. The molecule has 0 aliphatic heterocycles. The Morgan fingerprint density at radius 2 is 2.00 bits per heavy atom. The average Bonchev–Trinajstić information content (AvgIpc) is 2.86. The van der Waals surface area contributed by atoms with Crippen LogP contribution in [-0.4, -0.2) is 38.3 Å². The van der Waals surface area contributed by atoms with Crippen molar-refractivity contribution >= 4 is 16.5 Å². The van der Waals surface area contributed by atoms with E-state index in [0.717, 1.165) is 44.1 Å². The third-order valence-corrected chi connectivity index (χ3v) is 4.74. The molecule has 0 unspecified atom stereocenters. The number of hydrogen-bond acceptors (Lipinski definition) is 5. The number of nitrogens with one attached hydrogen (secondary N) is 1. The molecular formula is C15H29N3OS. The molecule has 20 heavy (non-hydrogen) atoms. The summed E-state index contributed by atoms with van der Waals surface area (Å²) in [6.07, 6.45) is 3.28. The molecular weight excluding hydrogens is 270 g/mol. The molecule has 0 bridgehead atoms. The second kappa shape index (κ2) is 9.32. The molecule has 0 aromatic carbocycles. The number of aryl methyl sites for hydroxylation is 1. The minimum Gasteiger partial charge on any atom is -0.383 e. The molecule has 1 N–H and O–H groups in total. The molecule has 1 heterocycles. The topological polar surface area (TPSA) is 37.4 Å². The highest BCUT2D eigenvalue weighted by atomic mass is 32.1. The van der Waals surface area contributed by atoms with Gasteiger partial charge in [0.1, 0.15) is 0 Å². The average molecular weight is 299 g/mol. The Hall–Kier alpha value is -0.650. The first-order valence-corrected chi connectivity index (χ1v) is 8.42. The van der Waals surface area contributed by atoms with E-state index in [0.29, 0.717) is 6.04 Å². The first-order valence-electron chi connectivity index (χ1n) is 7.60. The summed E-state index contributed by atoms with van der Waals surface area (Å²) in [4.78, 5) is 8.65. The summed E-state index contributed by atoms with van der Waals surface area (Å²) in [7, 11) is 3.75. The fourth-order valence-corrected chi connectivity index (χ4v) is 3.68. The van der Waals surface area contributed by atoms with Gasteiger partial charge in [-0.1, -0.05) is 20.8 Å². The van der Waals surface area contributed by atoms with E-state index < -0.39 is 0 Å². The lowest BCUT2D eigenvalue weighted by atomic mass is 10.1. The van der Waals surface area contributed by atoms with Gasteiger partial charge in [-0.05, 0) is 26.3 Å². The molecule has 5 heteroatoms. The lowest BCUT2D eigenvalue weighted by molar-refractivity contribution is 0.202. The van der Waals surface area contributed by atoms with E-state index in [1.54, 1.807) is 7.11 Å². The monoisotopic (exact) mass is 299 g/mol. The zero-order valence-corrected chi connectivity index (χ0v) is 14.3. The van der Waals surface area contributed by atoms with Gasteiger partial charge in [0.2, 0.25) is 0 Å². The lowest BCUT2D eigenvalue weighted by Gasteiger charge is -2.30. The molecule has 1 rings (SSSR count). The van der Waals surface area contributed by atoms with Gasteiger partial charge in [0.25, 0.3) is 0 Å². The molecule has 4 nitrogen and oxygen atoms in total. The first kappa shape index (κ1) is 17.4. The summed E-state index contributed by atoms with van der Waals surface area (Å²) in [6, 6.07) is 0.545. The van der Waals surface area contributed by atoms with Gasteiger partial charge in [0, 0.05) is 31.1 Å². The van der Waals surface area contributed by atoms with Crippen molar-refractivity contribution in [3.8, 4) is 0 Å². The van der Waals surface area contributed by atoms with Crippen molar-refractivity contribution in [1.82, 2.24) is 10.3 Å². The van der Waals surface area contributed by atoms with Crippen LogP contribution in [0.1, 0.15) is 44.2 Å². The van der Waals surface area contributed by atoms with Crippen LogP contribution in [0, 0.1) is 0 Å². The lowest BCUT2D eigenvalue weighted by Crippen LogP contribution is -2.37. The number of hydrogen-bond donors (Lipinski definition) is 1. The summed E-state index contributed by atoms with van der Waals surface area (Å²) >= 11 is 1.82. The maximum atomic E-state index is 5.27. The summed E-state index contributed by atoms with van der Waals surface area (Å²) < 4.78 is 5.27. The highest BCUT2D eigenvalue weighted by Crippen LogP contribution is 2.29. The second-order valence-electron chi connectivity index (χ2n) is 4.91. The van der Waals surface area contributed by atoms with Crippen LogP contribution in [0.15, 0.2) is 0 Å². The molecule has 0 spiro atoms. The summed E-state index contributed by atoms with van der Waals surface area (Å²) in [5.74, 6) is 0. The largest absolute Gasteiger partial charge is 0.383 e. The van der Waals surface area contributed by atoms with Crippen molar-refractivity contribution in [3.63, 3.8) is 0 Å². The molecule has 0 saturated carbocycles. The minimum atomic E-state index is 0.545. The zero-order valence-electron chi connectivity index (χ0n) is 13.5. The van der Waals surface area contributed by atoms with Crippen LogP contribution in [0.5, 0.6) is 0 Å². The third kappa shape index (κ3) is 4.43. The van der Waals surface area contributed by atoms with Crippen LogP contribution in [0.2, 0.25) is 0 Å². The number of rotatable bonds is 10. The Bertz CT molecular complexity index is 377. The van der Waals surface area contributed by atoms with Crippen molar-refractivity contribution in [1.29, 1.82) is 0 Å². The molecule has 1 aromatic heterocycles. The number of methoxy groups -OCH3 is 1. The van der Waals surface area contributed by atoms with Gasteiger partial charge >= 0.3 is 0 Å². The zero-order chi connectivity index (χ0) is 15.0. The molecule has 116 valence electrons. The van der Waals surface area contributed by atoms with Crippen LogP contribution in [0.3, 0.4) is 0 Å². The molecule has 1 aromatic rings. The van der Waals surface area contributed by atoms with Gasteiger partial charge in [0.05, 0.1) is 12.3 Å². The Labute approximate surface area is 127 Å². The standard InChI is InChI=1S/C15H29N3OS/c1-6-12(7-2)18(9-10-19-5)15-17-13(8-3)14(20-15)11-16-4/h12,16H,6-11H2,1-5H3. The van der Waals surface area contributed by atoms with Crippen LogP contribution >= 0.6 is 11.3 Å². The number of aromatic nitrogens is 1. The summed E-state index contributed by atoms with van der Waals surface area (Å²) in [5, 5.41) is 4.39. The van der Waals surface area contributed by atoms with E-state index in [-0.39, 0.29) is 0 Å². The maximum Gasteiger partial charge on any atom is 0.186 e. The van der Waals surface area contributed by atoms with Crippen LogP contribution < -0.4 is 10.2 Å². The first-order chi connectivity index (χ1) is 9.71. The maximum absolute atomic E-state index is 5.27. The fourth-order valence-electron chi connectivity index (χ4n) is 2.42. The molecule has 0 aliphatic carbocycles. The molecule has 0 radical (unpaired) electrons. The van der Waals surface area contributed by atoms with Gasteiger partial charge in [-0.3, -0.25) is 0 Å². The Morgan fingerprint density at radius 3 is 2.50 bits per heavy atom. The number of anilines is 1. The molecule has 0 aliphatic rings. The van der Waals surface area contributed by atoms with Gasteiger partial charge < -0.3 is 15.0 Å². The second-order valence-corrected chi connectivity index (χ2v) is 5.97. The van der Waals surface area contributed by atoms with Gasteiger partial charge in [-0.15, -0.1) is 11.3 Å². The van der Waals surface area contributed by atoms with Gasteiger partial charge in [-0.25, -0.2) is 4.98 Å². The van der Waals surface area contributed by atoms with Crippen LogP contribution in [0.4, 0.5) is 5.13 Å². The Balaban J connectivity index is 2.99. The number of thiazole rings is 1. The van der Waals surface area contributed by atoms with Crippen LogP contribution in [0.25, 0.3) is 0 Å². The van der Waals surface area contributed by atoms with E-state index in [1.807, 2.05) is 18.4 Å². The van der Waals surface area contributed by atoms with Crippen molar-refractivity contribution in [2.75, 3.05) is 32.2 Å². The SMILES string of the molecule is CCc1nc(N(CCOC)C(CC)CC)sc1CNC. The molecule has 0 saturated heterocycles. The van der Waals surface area contributed by atoms with Crippen molar-refractivity contribution in [2.45, 2.75) is 52.6 Å². The Kier molecular flexibility index (Phi) is 8.11. The normalized spacial score (nSPS) is 11.3. The van der Waals surface area contributed by atoms with Crippen molar-refractivity contribution in [3.05, 3.63) is 10.6 Å². The van der Waals surface area contributed by atoms with Crippen molar-refractivity contribution in [2.24, 2.45) is 0 Å². The fraction of sp³-hybridized carbons (Fsp3) is 0.800. The predicted molar refractivity (Wildman–Crippen MR) is 87.8 cm³/mol. The molecule has 0 atom stereocenters. The van der Waals surface area contributed by atoms with Gasteiger partial charge in [0.15, 0.2) is 5.13 Å². The number of nitrogens with zero attached hydrogens (tertiary/aromatic N) is 2. The Morgan fingerprint density at radius 1 is 1.30 bits per heavy atom. The smallest absolute Gasteiger partial charge is 0.186 e. The van der Waals surface area contributed by atoms with E-state index in [1.165, 1.54) is 10.6 Å². The summed E-state index contributed by atoms with van der Waals surface area (Å²) in [5.41, 5.74) is 1.23. The quantitative estimate of drug-likeness (QED) is 0.720. The highest BCUT2D eigenvalue weighted by Gasteiger charge is 2.20. The molecule has 0 amide bonds. The van der Waals surface area contributed by atoms with Crippen LogP contribution in [-0.2, 0) is 17.7 Å². The van der Waals surface area contributed by atoms with E-state index in [4.69, 9.17) is 9.72 Å². The molecule has 0 fully saturated rings. The number of ether oxygens (including phenoxy) is 1. The highest BCUT2D eigenvalue weighted by molar-refractivity contribution is 7.15. The van der Waals surface area contributed by atoms with E-state index >= 15 is 0 Å². The minimum absolute atomic E-state index is 0.545. The predicted octanol–water partition coefficient (Wildman–Crippen LogP) is 3.07. The third-order valence-electron chi connectivity index (χ3n) is 3.60. The van der Waals surface area contributed by atoms with Gasteiger partial charge in [-0.2, -0.15) is 0 Å².